The molecule has 0 fully saturated rings. The summed E-state index contributed by atoms with van der Waals surface area (Å²) in [5, 5.41) is 7.57. The number of carbonyl (C=O) groups is 1. The zero-order chi connectivity index (χ0) is 18.1. The number of aromatic nitrogens is 4. The van der Waals surface area contributed by atoms with Gasteiger partial charge in [-0.2, -0.15) is 5.10 Å². The van der Waals surface area contributed by atoms with Crippen molar-refractivity contribution >= 4 is 5.91 Å². The molecule has 1 aromatic carbocycles. The molecule has 0 saturated heterocycles. The standard InChI is InChI=1S/C20H23N5O/c1-14-11-24-13-17(8-9-19(24)22-14)23-20(26)18-10-21-25(15(18)2)12-16-6-4-3-5-7-16/h3-7,10-11,17H,8-9,12-13H2,1-2H3,(H,23,26)/t17-/m1/s1. The van der Waals surface area contributed by atoms with Crippen molar-refractivity contribution in [1.82, 2.24) is 24.6 Å². The molecular weight excluding hydrogens is 326 g/mol. The van der Waals surface area contributed by atoms with Gasteiger partial charge >= 0.3 is 0 Å². The molecule has 4 rings (SSSR count). The molecule has 0 unspecified atom stereocenters. The predicted molar refractivity (Wildman–Crippen MR) is 99.0 cm³/mol. The van der Waals surface area contributed by atoms with Gasteiger partial charge in [0.1, 0.15) is 5.82 Å². The van der Waals surface area contributed by atoms with Crippen LogP contribution in [0.3, 0.4) is 0 Å². The summed E-state index contributed by atoms with van der Waals surface area (Å²) in [7, 11) is 0. The third-order valence-electron chi connectivity index (χ3n) is 4.97. The number of rotatable bonds is 4. The van der Waals surface area contributed by atoms with Gasteiger partial charge in [0, 0.05) is 30.9 Å². The summed E-state index contributed by atoms with van der Waals surface area (Å²) < 4.78 is 4.03. The molecule has 1 amide bonds. The van der Waals surface area contributed by atoms with Crippen LogP contribution in [0.25, 0.3) is 0 Å². The summed E-state index contributed by atoms with van der Waals surface area (Å²) >= 11 is 0. The van der Waals surface area contributed by atoms with Gasteiger partial charge in [0.25, 0.3) is 5.91 Å². The van der Waals surface area contributed by atoms with E-state index < -0.39 is 0 Å². The van der Waals surface area contributed by atoms with Crippen LogP contribution in [0.4, 0.5) is 0 Å². The minimum atomic E-state index is -0.0490. The first-order chi connectivity index (χ1) is 12.6. The number of hydrogen-bond donors (Lipinski definition) is 1. The fraction of sp³-hybridized carbons (Fsp3) is 0.350. The maximum absolute atomic E-state index is 12.7. The molecule has 1 N–H and O–H groups in total. The highest BCUT2D eigenvalue weighted by molar-refractivity contribution is 5.95. The second-order valence-electron chi connectivity index (χ2n) is 6.95. The Morgan fingerprint density at radius 1 is 1.27 bits per heavy atom. The van der Waals surface area contributed by atoms with Crippen LogP contribution in [0.2, 0.25) is 0 Å². The second-order valence-corrected chi connectivity index (χ2v) is 6.95. The van der Waals surface area contributed by atoms with Crippen LogP contribution in [0.5, 0.6) is 0 Å². The SMILES string of the molecule is Cc1cn2c(n1)CC[C@@H](NC(=O)c1cnn(Cc3ccccc3)c1C)C2. The van der Waals surface area contributed by atoms with Crippen LogP contribution >= 0.6 is 0 Å². The zero-order valence-corrected chi connectivity index (χ0v) is 15.1. The minimum absolute atomic E-state index is 0.0490. The summed E-state index contributed by atoms with van der Waals surface area (Å²) in [6.07, 6.45) is 5.53. The molecule has 26 heavy (non-hydrogen) atoms. The topological polar surface area (TPSA) is 64.7 Å². The van der Waals surface area contributed by atoms with E-state index in [0.717, 1.165) is 36.6 Å². The van der Waals surface area contributed by atoms with Crippen molar-refractivity contribution in [3.8, 4) is 0 Å². The van der Waals surface area contributed by atoms with E-state index in [-0.39, 0.29) is 11.9 Å². The number of hydrogen-bond acceptors (Lipinski definition) is 3. The van der Waals surface area contributed by atoms with Gasteiger partial charge in [-0.15, -0.1) is 0 Å². The van der Waals surface area contributed by atoms with Crippen molar-refractivity contribution in [2.45, 2.75) is 45.8 Å². The third-order valence-corrected chi connectivity index (χ3v) is 4.97. The third kappa shape index (κ3) is 3.27. The number of imidazole rings is 1. The van der Waals surface area contributed by atoms with Crippen molar-refractivity contribution in [3.05, 3.63) is 71.1 Å². The molecule has 0 spiro atoms. The summed E-state index contributed by atoms with van der Waals surface area (Å²) in [4.78, 5) is 17.2. The fourth-order valence-corrected chi connectivity index (χ4v) is 3.55. The summed E-state index contributed by atoms with van der Waals surface area (Å²) in [6.45, 7) is 5.40. The Morgan fingerprint density at radius 3 is 2.88 bits per heavy atom. The minimum Gasteiger partial charge on any atom is -0.347 e. The molecule has 1 atom stereocenters. The van der Waals surface area contributed by atoms with Crippen LogP contribution in [0, 0.1) is 13.8 Å². The van der Waals surface area contributed by atoms with E-state index in [2.05, 4.69) is 38.3 Å². The normalized spacial score (nSPS) is 16.3. The Labute approximate surface area is 152 Å². The Bertz CT molecular complexity index is 925. The van der Waals surface area contributed by atoms with Gasteiger partial charge in [0.2, 0.25) is 0 Å². The van der Waals surface area contributed by atoms with Crippen LogP contribution < -0.4 is 5.32 Å². The van der Waals surface area contributed by atoms with E-state index in [1.54, 1.807) is 6.20 Å². The molecule has 0 saturated carbocycles. The van der Waals surface area contributed by atoms with Crippen molar-refractivity contribution in [2.75, 3.05) is 0 Å². The zero-order valence-electron chi connectivity index (χ0n) is 15.1. The van der Waals surface area contributed by atoms with Gasteiger partial charge in [0.15, 0.2) is 0 Å². The molecule has 0 radical (unpaired) electrons. The lowest BCUT2D eigenvalue weighted by Gasteiger charge is -2.24. The Morgan fingerprint density at radius 2 is 2.08 bits per heavy atom. The van der Waals surface area contributed by atoms with Gasteiger partial charge < -0.3 is 9.88 Å². The number of amides is 1. The lowest BCUT2D eigenvalue weighted by molar-refractivity contribution is 0.0927. The summed E-state index contributed by atoms with van der Waals surface area (Å²) in [5.74, 6) is 1.06. The second kappa shape index (κ2) is 6.78. The van der Waals surface area contributed by atoms with Crippen LogP contribution in [0.1, 0.15) is 39.6 Å². The summed E-state index contributed by atoms with van der Waals surface area (Å²) in [5.41, 5.74) is 3.74. The van der Waals surface area contributed by atoms with Gasteiger partial charge in [0.05, 0.1) is 24.0 Å². The number of benzene rings is 1. The van der Waals surface area contributed by atoms with E-state index in [9.17, 15) is 4.79 Å². The maximum atomic E-state index is 12.7. The maximum Gasteiger partial charge on any atom is 0.255 e. The van der Waals surface area contributed by atoms with Crippen molar-refractivity contribution in [3.63, 3.8) is 0 Å². The first kappa shape index (κ1) is 16.6. The first-order valence-electron chi connectivity index (χ1n) is 9.00. The van der Waals surface area contributed by atoms with Crippen LogP contribution in [0.15, 0.2) is 42.7 Å². The number of carbonyl (C=O) groups excluding carboxylic acids is 1. The molecule has 2 aromatic heterocycles. The van der Waals surface area contributed by atoms with Gasteiger partial charge in [-0.25, -0.2) is 4.98 Å². The Hall–Kier alpha value is -2.89. The van der Waals surface area contributed by atoms with Crippen molar-refractivity contribution in [2.24, 2.45) is 0 Å². The van der Waals surface area contributed by atoms with Crippen molar-refractivity contribution < 1.29 is 4.79 Å². The molecule has 0 bridgehead atoms. The monoisotopic (exact) mass is 349 g/mol. The average Bonchev–Trinajstić information content (AvgIpc) is 3.17. The van der Waals surface area contributed by atoms with E-state index in [1.807, 2.05) is 36.7 Å². The van der Waals surface area contributed by atoms with Gasteiger partial charge in [-0.3, -0.25) is 9.48 Å². The largest absolute Gasteiger partial charge is 0.347 e. The number of nitrogens with one attached hydrogen (secondary N) is 1. The molecule has 0 aliphatic carbocycles. The highest BCUT2D eigenvalue weighted by Crippen LogP contribution is 2.16. The van der Waals surface area contributed by atoms with Crippen LogP contribution in [-0.2, 0) is 19.5 Å². The number of nitrogens with zero attached hydrogens (tertiary/aromatic N) is 4. The molecule has 3 aromatic rings. The molecule has 3 heterocycles. The number of fused-ring (bicyclic) bond motifs is 1. The van der Waals surface area contributed by atoms with Gasteiger partial charge in [-0.05, 0) is 25.8 Å². The fourth-order valence-electron chi connectivity index (χ4n) is 3.55. The molecule has 6 nitrogen and oxygen atoms in total. The summed E-state index contributed by atoms with van der Waals surface area (Å²) in [6, 6.07) is 10.3. The molecule has 1 aliphatic heterocycles. The molecule has 1 aliphatic rings. The first-order valence-corrected chi connectivity index (χ1v) is 9.00. The lowest BCUT2D eigenvalue weighted by Crippen LogP contribution is -2.41. The Kier molecular flexibility index (Phi) is 4.32. The number of aryl methyl sites for hydroxylation is 2. The average molecular weight is 349 g/mol. The predicted octanol–water partition coefficient (Wildman–Crippen LogP) is 2.49. The molecule has 134 valence electrons. The smallest absolute Gasteiger partial charge is 0.255 e. The quantitative estimate of drug-likeness (QED) is 0.787. The van der Waals surface area contributed by atoms with E-state index in [1.165, 1.54) is 5.56 Å². The van der Waals surface area contributed by atoms with E-state index in [0.29, 0.717) is 12.1 Å². The Balaban J connectivity index is 1.44. The molecule has 6 heteroatoms. The van der Waals surface area contributed by atoms with E-state index in [4.69, 9.17) is 0 Å². The van der Waals surface area contributed by atoms with Crippen molar-refractivity contribution in [1.29, 1.82) is 0 Å². The van der Waals surface area contributed by atoms with Crippen LogP contribution in [-0.4, -0.2) is 31.3 Å². The highest BCUT2D eigenvalue weighted by Gasteiger charge is 2.23. The van der Waals surface area contributed by atoms with E-state index >= 15 is 0 Å². The highest BCUT2D eigenvalue weighted by atomic mass is 16.1. The van der Waals surface area contributed by atoms with Gasteiger partial charge in [-0.1, -0.05) is 30.3 Å². The molecular formula is C20H23N5O. The lowest BCUT2D eigenvalue weighted by atomic mass is 10.1.